The summed E-state index contributed by atoms with van der Waals surface area (Å²) in [5.41, 5.74) is 5.02. The maximum Gasteiger partial charge on any atom is 0.312 e. The summed E-state index contributed by atoms with van der Waals surface area (Å²) in [6.07, 6.45) is 2.27. The van der Waals surface area contributed by atoms with E-state index in [2.05, 4.69) is 5.32 Å². The summed E-state index contributed by atoms with van der Waals surface area (Å²) in [5.74, 6) is -1.59. The summed E-state index contributed by atoms with van der Waals surface area (Å²) >= 11 is 0. The molecule has 1 heterocycles. The topological polar surface area (TPSA) is 113 Å². The van der Waals surface area contributed by atoms with Gasteiger partial charge in [-0.15, -0.1) is 0 Å². The van der Waals surface area contributed by atoms with Gasteiger partial charge < -0.3 is 21.1 Å². The lowest BCUT2D eigenvalue weighted by molar-refractivity contribution is -0.142. The summed E-state index contributed by atoms with van der Waals surface area (Å²) in [5, 5.41) is 11.4. The highest BCUT2D eigenvalue weighted by atomic mass is 16.4. The predicted octanol–water partition coefficient (Wildman–Crippen LogP) is -0.386. The molecule has 0 bridgehead atoms. The number of carboxylic acids is 1. The number of urea groups is 1. The summed E-state index contributed by atoms with van der Waals surface area (Å²) in [6, 6.07) is -0.559. The van der Waals surface area contributed by atoms with Crippen molar-refractivity contribution in [2.45, 2.75) is 19.3 Å². The van der Waals surface area contributed by atoms with E-state index in [1.54, 1.807) is 4.90 Å². The molecule has 7 heteroatoms. The van der Waals surface area contributed by atoms with Gasteiger partial charge in [-0.1, -0.05) is 0 Å². The van der Waals surface area contributed by atoms with Crippen molar-refractivity contribution in [3.05, 3.63) is 0 Å². The first-order chi connectivity index (χ1) is 8.99. The lowest BCUT2D eigenvalue weighted by Gasteiger charge is -2.33. The van der Waals surface area contributed by atoms with E-state index in [-0.39, 0.29) is 17.7 Å². The fraction of sp³-hybridized carbons (Fsp3) is 0.750. The number of aliphatic carboxylic acids is 1. The van der Waals surface area contributed by atoms with Gasteiger partial charge in [0.05, 0.1) is 11.8 Å². The number of rotatable bonds is 4. The number of carbonyl (C=O) groups excluding carboxylic acids is 2. The molecular formula is C12H19N3O4. The van der Waals surface area contributed by atoms with Crippen molar-refractivity contribution in [2.24, 2.45) is 23.5 Å². The van der Waals surface area contributed by atoms with Crippen LogP contribution < -0.4 is 11.1 Å². The molecular weight excluding hydrogens is 250 g/mol. The lowest BCUT2D eigenvalue weighted by Crippen LogP contribution is -2.45. The van der Waals surface area contributed by atoms with Crippen LogP contribution in [0.2, 0.25) is 0 Å². The molecule has 1 saturated heterocycles. The molecule has 19 heavy (non-hydrogen) atoms. The second kappa shape index (κ2) is 5.46. The van der Waals surface area contributed by atoms with E-state index in [0.29, 0.717) is 26.1 Å². The second-order valence-electron chi connectivity index (χ2n) is 5.32. The highest BCUT2D eigenvalue weighted by Crippen LogP contribution is 2.40. The number of hydrogen-bond acceptors (Lipinski definition) is 3. The molecule has 106 valence electrons. The van der Waals surface area contributed by atoms with Crippen molar-refractivity contribution in [3.63, 3.8) is 0 Å². The van der Waals surface area contributed by atoms with E-state index in [9.17, 15) is 14.4 Å². The third-order valence-electron chi connectivity index (χ3n) is 3.82. The van der Waals surface area contributed by atoms with E-state index in [1.165, 1.54) is 0 Å². The van der Waals surface area contributed by atoms with E-state index in [1.807, 2.05) is 0 Å². The third kappa shape index (κ3) is 3.36. The molecule has 2 fully saturated rings. The molecule has 0 aromatic heterocycles. The van der Waals surface area contributed by atoms with Gasteiger partial charge in [0.2, 0.25) is 5.91 Å². The smallest absolute Gasteiger partial charge is 0.312 e. The van der Waals surface area contributed by atoms with Gasteiger partial charge in [0.1, 0.15) is 0 Å². The average Bonchev–Trinajstić information content (AvgIpc) is 3.16. The number of amides is 3. The lowest BCUT2D eigenvalue weighted by atomic mass is 9.97. The van der Waals surface area contributed by atoms with Gasteiger partial charge in [0.25, 0.3) is 0 Å². The molecule has 3 atom stereocenters. The molecule has 1 unspecified atom stereocenters. The zero-order chi connectivity index (χ0) is 14.0. The Kier molecular flexibility index (Phi) is 3.92. The highest BCUT2D eigenvalue weighted by molar-refractivity contribution is 5.89. The van der Waals surface area contributed by atoms with E-state index >= 15 is 0 Å². The molecule has 7 nitrogen and oxygen atoms in total. The van der Waals surface area contributed by atoms with Gasteiger partial charge in [-0.2, -0.15) is 0 Å². The van der Waals surface area contributed by atoms with Crippen molar-refractivity contribution >= 4 is 17.9 Å². The van der Waals surface area contributed by atoms with Crippen LogP contribution >= 0.6 is 0 Å². The van der Waals surface area contributed by atoms with Gasteiger partial charge in [-0.25, -0.2) is 4.79 Å². The Labute approximate surface area is 111 Å². The molecule has 0 aromatic rings. The summed E-state index contributed by atoms with van der Waals surface area (Å²) < 4.78 is 0. The largest absolute Gasteiger partial charge is 0.481 e. The molecule has 3 amide bonds. The number of nitrogens with one attached hydrogen (secondary N) is 1. The molecule has 1 aliphatic heterocycles. The molecule has 0 spiro atoms. The predicted molar refractivity (Wildman–Crippen MR) is 66.1 cm³/mol. The quantitative estimate of drug-likeness (QED) is 0.645. The molecule has 2 aliphatic rings. The van der Waals surface area contributed by atoms with Crippen LogP contribution in [0.25, 0.3) is 0 Å². The van der Waals surface area contributed by atoms with Gasteiger partial charge in [0, 0.05) is 19.6 Å². The first-order valence-electron chi connectivity index (χ1n) is 6.54. The number of likely N-dealkylation sites (tertiary alicyclic amines) is 1. The second-order valence-corrected chi connectivity index (χ2v) is 5.32. The van der Waals surface area contributed by atoms with Gasteiger partial charge >= 0.3 is 12.0 Å². The Balaban J connectivity index is 1.82. The summed E-state index contributed by atoms with van der Waals surface area (Å²) in [4.78, 5) is 35.3. The first-order valence-corrected chi connectivity index (χ1v) is 6.54. The normalized spacial score (nSPS) is 29.7. The minimum absolute atomic E-state index is 0.0591. The van der Waals surface area contributed by atoms with Crippen LogP contribution in [-0.2, 0) is 9.59 Å². The maximum absolute atomic E-state index is 12.1. The van der Waals surface area contributed by atoms with Crippen molar-refractivity contribution in [1.82, 2.24) is 10.2 Å². The van der Waals surface area contributed by atoms with E-state index in [4.69, 9.17) is 10.8 Å². The van der Waals surface area contributed by atoms with Gasteiger partial charge in [0.15, 0.2) is 0 Å². The number of nitrogens with zero attached hydrogens (tertiary/aromatic N) is 1. The van der Waals surface area contributed by atoms with Crippen molar-refractivity contribution in [1.29, 1.82) is 0 Å². The molecule has 0 aromatic carbocycles. The van der Waals surface area contributed by atoms with Crippen molar-refractivity contribution < 1.29 is 19.5 Å². The van der Waals surface area contributed by atoms with Crippen molar-refractivity contribution in [3.8, 4) is 0 Å². The van der Waals surface area contributed by atoms with Crippen LogP contribution in [0.15, 0.2) is 0 Å². The maximum atomic E-state index is 12.1. The minimum Gasteiger partial charge on any atom is -0.481 e. The van der Waals surface area contributed by atoms with E-state index < -0.39 is 17.9 Å². The summed E-state index contributed by atoms with van der Waals surface area (Å²) in [6.45, 7) is 1.71. The Morgan fingerprint density at radius 1 is 1.32 bits per heavy atom. The molecule has 2 rings (SSSR count). The first kappa shape index (κ1) is 13.6. The SMILES string of the molecule is NC(=O)NCC1CCCN(C(=O)[C@@H]2C[C@@H]2C(=O)O)C1. The minimum atomic E-state index is -0.887. The van der Waals surface area contributed by atoms with Crippen LogP contribution in [0.4, 0.5) is 4.79 Å². The number of piperidine rings is 1. The average molecular weight is 269 g/mol. The molecule has 1 saturated carbocycles. The fourth-order valence-electron chi connectivity index (χ4n) is 2.65. The highest BCUT2D eigenvalue weighted by Gasteiger charge is 2.50. The van der Waals surface area contributed by atoms with Gasteiger partial charge in [-0.05, 0) is 25.2 Å². The number of hydrogen-bond donors (Lipinski definition) is 3. The number of primary amides is 1. The monoisotopic (exact) mass is 269 g/mol. The fourth-order valence-corrected chi connectivity index (χ4v) is 2.65. The molecule has 1 aliphatic carbocycles. The number of nitrogens with two attached hydrogens (primary N) is 1. The van der Waals surface area contributed by atoms with Crippen LogP contribution in [0, 0.1) is 17.8 Å². The van der Waals surface area contributed by atoms with Crippen molar-refractivity contribution in [2.75, 3.05) is 19.6 Å². The Hall–Kier alpha value is -1.79. The molecule has 0 radical (unpaired) electrons. The van der Waals surface area contributed by atoms with Crippen LogP contribution in [0.1, 0.15) is 19.3 Å². The standard InChI is InChI=1S/C12H19N3O4/c13-12(19)14-5-7-2-1-3-15(6-7)10(16)8-4-9(8)11(17)18/h7-9H,1-6H2,(H,17,18)(H3,13,14,19)/t7?,8-,9+/m1/s1. The van der Waals surface area contributed by atoms with Crippen LogP contribution in [-0.4, -0.2) is 47.5 Å². The number of carboxylic acid groups (broad SMARTS) is 1. The Morgan fingerprint density at radius 2 is 2.05 bits per heavy atom. The van der Waals surface area contributed by atoms with E-state index in [0.717, 1.165) is 12.8 Å². The summed E-state index contributed by atoms with van der Waals surface area (Å²) in [7, 11) is 0. The van der Waals surface area contributed by atoms with Gasteiger partial charge in [-0.3, -0.25) is 9.59 Å². The van der Waals surface area contributed by atoms with Crippen LogP contribution in [0.3, 0.4) is 0 Å². The number of carbonyl (C=O) groups is 3. The Bertz CT molecular complexity index is 398. The zero-order valence-corrected chi connectivity index (χ0v) is 10.7. The zero-order valence-electron chi connectivity index (χ0n) is 10.7. The van der Waals surface area contributed by atoms with Crippen LogP contribution in [0.5, 0.6) is 0 Å². The Morgan fingerprint density at radius 3 is 2.63 bits per heavy atom. The molecule has 4 N–H and O–H groups in total. The third-order valence-corrected chi connectivity index (χ3v) is 3.82.